The van der Waals surface area contributed by atoms with Crippen LogP contribution in [0.1, 0.15) is 43.2 Å². The van der Waals surface area contributed by atoms with Crippen LogP contribution in [-0.2, 0) is 17.6 Å². The zero-order valence-corrected chi connectivity index (χ0v) is 12.9. The van der Waals surface area contributed by atoms with E-state index in [0.29, 0.717) is 6.42 Å². The number of hydrogen-bond donors (Lipinski definition) is 1. The van der Waals surface area contributed by atoms with Crippen LogP contribution >= 0.6 is 0 Å². The number of amides is 1. The van der Waals surface area contributed by atoms with Gasteiger partial charge in [-0.05, 0) is 43.4 Å². The topological polar surface area (TPSA) is 46.3 Å². The van der Waals surface area contributed by atoms with Crippen molar-refractivity contribution in [3.63, 3.8) is 0 Å². The Balaban J connectivity index is 2.27. The molecule has 0 radical (unpaired) electrons. The highest BCUT2D eigenvalue weighted by Gasteiger charge is 2.04. The van der Waals surface area contributed by atoms with E-state index in [-0.39, 0.29) is 5.91 Å². The predicted octanol–water partition coefficient (Wildman–Crippen LogP) is 2.77. The number of rotatable bonds is 9. The van der Waals surface area contributed by atoms with Gasteiger partial charge in [0.2, 0.25) is 5.91 Å². The Bertz CT molecular complexity index is 384. The van der Waals surface area contributed by atoms with Gasteiger partial charge >= 0.3 is 0 Å². The summed E-state index contributed by atoms with van der Waals surface area (Å²) in [5.74, 6) is 0.189. The lowest BCUT2D eigenvalue weighted by atomic mass is 10.0. The van der Waals surface area contributed by atoms with E-state index < -0.39 is 0 Å². The summed E-state index contributed by atoms with van der Waals surface area (Å²) < 4.78 is 0. The molecule has 1 amide bonds. The molecule has 2 N–H and O–H groups in total. The highest BCUT2D eigenvalue weighted by Crippen LogP contribution is 2.11. The number of aryl methyl sites for hydroxylation is 2. The third kappa shape index (κ3) is 6.71. The summed E-state index contributed by atoms with van der Waals surface area (Å²) >= 11 is 0. The minimum absolute atomic E-state index is 0.189. The van der Waals surface area contributed by atoms with Crippen molar-refractivity contribution in [2.24, 2.45) is 5.73 Å². The molecule has 0 fully saturated rings. The van der Waals surface area contributed by atoms with E-state index in [2.05, 4.69) is 24.3 Å². The Labute approximate surface area is 123 Å². The Morgan fingerprint density at radius 2 is 1.50 bits per heavy atom. The van der Waals surface area contributed by atoms with Gasteiger partial charge in [-0.15, -0.1) is 0 Å². The smallest absolute Gasteiger partial charge is 0.222 e. The highest BCUT2D eigenvalue weighted by atomic mass is 16.2. The number of hydrogen-bond acceptors (Lipinski definition) is 2. The van der Waals surface area contributed by atoms with E-state index >= 15 is 0 Å². The minimum atomic E-state index is 0.189. The first kappa shape index (κ1) is 16.7. The van der Waals surface area contributed by atoms with Crippen LogP contribution in [0.3, 0.4) is 0 Å². The van der Waals surface area contributed by atoms with Crippen molar-refractivity contribution < 1.29 is 4.79 Å². The maximum Gasteiger partial charge on any atom is 0.222 e. The van der Waals surface area contributed by atoms with Gasteiger partial charge in [0, 0.05) is 20.5 Å². The number of carbonyl (C=O) groups is 1. The fraction of sp³-hybridized carbons (Fsp3) is 0.588. The lowest BCUT2D eigenvalue weighted by Gasteiger charge is -2.10. The third-order valence-corrected chi connectivity index (χ3v) is 3.57. The number of benzene rings is 1. The molecule has 0 spiro atoms. The lowest BCUT2D eigenvalue weighted by Crippen LogP contribution is -2.21. The highest BCUT2D eigenvalue weighted by molar-refractivity contribution is 5.75. The van der Waals surface area contributed by atoms with Crippen molar-refractivity contribution in [1.29, 1.82) is 0 Å². The van der Waals surface area contributed by atoms with Gasteiger partial charge in [-0.25, -0.2) is 0 Å². The molecule has 1 rings (SSSR count). The molecule has 1 aromatic carbocycles. The van der Waals surface area contributed by atoms with Gasteiger partial charge in [-0.1, -0.05) is 37.1 Å². The van der Waals surface area contributed by atoms with Crippen molar-refractivity contribution in [2.75, 3.05) is 20.6 Å². The van der Waals surface area contributed by atoms with Gasteiger partial charge in [0.15, 0.2) is 0 Å². The van der Waals surface area contributed by atoms with Gasteiger partial charge < -0.3 is 10.6 Å². The molecule has 20 heavy (non-hydrogen) atoms. The predicted molar refractivity (Wildman–Crippen MR) is 84.7 cm³/mol. The minimum Gasteiger partial charge on any atom is -0.349 e. The second-order valence-electron chi connectivity index (χ2n) is 5.56. The zero-order valence-electron chi connectivity index (χ0n) is 12.9. The number of nitrogens with zero attached hydrogens (tertiary/aromatic N) is 1. The molecule has 0 atom stereocenters. The van der Waals surface area contributed by atoms with Crippen LogP contribution in [0.2, 0.25) is 0 Å². The summed E-state index contributed by atoms with van der Waals surface area (Å²) in [5, 5.41) is 0. The lowest BCUT2D eigenvalue weighted by molar-refractivity contribution is -0.128. The molecule has 0 aliphatic rings. The zero-order chi connectivity index (χ0) is 14.8. The van der Waals surface area contributed by atoms with E-state index in [1.165, 1.54) is 30.4 Å². The molecule has 3 nitrogen and oxygen atoms in total. The Morgan fingerprint density at radius 1 is 0.950 bits per heavy atom. The first-order chi connectivity index (χ1) is 9.63. The molecular weight excluding hydrogens is 248 g/mol. The molecule has 112 valence electrons. The quantitative estimate of drug-likeness (QED) is 0.705. The fourth-order valence-electron chi connectivity index (χ4n) is 2.17. The number of carbonyl (C=O) groups excluding carboxylic acids is 1. The maximum absolute atomic E-state index is 11.5. The van der Waals surface area contributed by atoms with Crippen LogP contribution in [0.25, 0.3) is 0 Å². The molecule has 0 unspecified atom stereocenters. The number of unbranched alkanes of at least 4 members (excludes halogenated alkanes) is 3. The van der Waals surface area contributed by atoms with Crippen LogP contribution in [0.5, 0.6) is 0 Å². The van der Waals surface area contributed by atoms with E-state index in [1.807, 2.05) is 0 Å². The number of nitrogens with two attached hydrogens (primary N) is 1. The average molecular weight is 276 g/mol. The molecule has 0 aliphatic heterocycles. The molecule has 3 heteroatoms. The van der Waals surface area contributed by atoms with Gasteiger partial charge in [0.25, 0.3) is 0 Å². The Kier molecular flexibility index (Phi) is 7.97. The first-order valence-electron chi connectivity index (χ1n) is 7.61. The van der Waals surface area contributed by atoms with Gasteiger partial charge in [-0.3, -0.25) is 4.79 Å². The van der Waals surface area contributed by atoms with Crippen molar-refractivity contribution in [3.8, 4) is 0 Å². The van der Waals surface area contributed by atoms with E-state index in [1.54, 1.807) is 19.0 Å². The van der Waals surface area contributed by atoms with Crippen LogP contribution < -0.4 is 5.73 Å². The summed E-state index contributed by atoms with van der Waals surface area (Å²) in [5.41, 5.74) is 8.11. The van der Waals surface area contributed by atoms with Crippen LogP contribution in [0.4, 0.5) is 0 Å². The van der Waals surface area contributed by atoms with Crippen LogP contribution in [-0.4, -0.2) is 31.4 Å². The van der Waals surface area contributed by atoms with Gasteiger partial charge in [-0.2, -0.15) is 0 Å². The van der Waals surface area contributed by atoms with E-state index in [0.717, 1.165) is 25.8 Å². The summed E-state index contributed by atoms with van der Waals surface area (Å²) in [6.07, 6.45) is 7.43. The monoisotopic (exact) mass is 276 g/mol. The van der Waals surface area contributed by atoms with Gasteiger partial charge in [0.1, 0.15) is 0 Å². The standard InChI is InChI=1S/C17H28N2O/c1-19(2)17(20)13-12-16-10-8-15(9-11-16)7-5-3-4-6-14-18/h8-11H,3-7,12-14,18H2,1-2H3. The molecule has 1 aromatic rings. The molecule has 0 aromatic heterocycles. The van der Waals surface area contributed by atoms with Crippen molar-refractivity contribution in [3.05, 3.63) is 35.4 Å². The summed E-state index contributed by atoms with van der Waals surface area (Å²) in [7, 11) is 3.60. The SMILES string of the molecule is CN(C)C(=O)CCc1ccc(CCCCCCN)cc1. The molecular formula is C17H28N2O. The Hall–Kier alpha value is -1.35. The molecule has 0 aliphatic carbocycles. The molecule has 0 saturated carbocycles. The van der Waals surface area contributed by atoms with E-state index in [9.17, 15) is 4.79 Å². The van der Waals surface area contributed by atoms with E-state index in [4.69, 9.17) is 5.73 Å². The van der Waals surface area contributed by atoms with Crippen LogP contribution in [0, 0.1) is 0 Å². The second kappa shape index (κ2) is 9.54. The second-order valence-corrected chi connectivity index (χ2v) is 5.56. The maximum atomic E-state index is 11.5. The molecule has 0 heterocycles. The summed E-state index contributed by atoms with van der Waals surface area (Å²) in [6.45, 7) is 0.806. The first-order valence-corrected chi connectivity index (χ1v) is 7.61. The average Bonchev–Trinajstić information content (AvgIpc) is 2.45. The fourth-order valence-corrected chi connectivity index (χ4v) is 2.17. The van der Waals surface area contributed by atoms with Crippen molar-refractivity contribution in [2.45, 2.75) is 44.9 Å². The van der Waals surface area contributed by atoms with Crippen molar-refractivity contribution in [1.82, 2.24) is 4.90 Å². The summed E-state index contributed by atoms with van der Waals surface area (Å²) in [4.78, 5) is 13.2. The van der Waals surface area contributed by atoms with Gasteiger partial charge in [0.05, 0.1) is 0 Å². The van der Waals surface area contributed by atoms with Crippen LogP contribution in [0.15, 0.2) is 24.3 Å². The molecule has 0 saturated heterocycles. The van der Waals surface area contributed by atoms with Crippen molar-refractivity contribution >= 4 is 5.91 Å². The normalized spacial score (nSPS) is 10.6. The largest absolute Gasteiger partial charge is 0.349 e. The Morgan fingerprint density at radius 3 is 2.05 bits per heavy atom. The molecule has 0 bridgehead atoms. The summed E-state index contributed by atoms with van der Waals surface area (Å²) in [6, 6.07) is 8.69. The third-order valence-electron chi connectivity index (χ3n) is 3.57.